The number of hydrogen-bond acceptors (Lipinski definition) is 9. The molecule has 0 aliphatic carbocycles. The fourth-order valence-corrected chi connectivity index (χ4v) is 6.59. The molecule has 0 radical (unpaired) electrons. The molecule has 1 saturated heterocycles. The third kappa shape index (κ3) is 21.2. The second kappa shape index (κ2) is 33.6. The summed E-state index contributed by atoms with van der Waals surface area (Å²) >= 11 is 1.56. The van der Waals surface area contributed by atoms with E-state index in [0.717, 1.165) is 30.5 Å². The number of aromatic nitrogens is 1. The van der Waals surface area contributed by atoms with Crippen LogP contribution in [0.2, 0.25) is 0 Å². The smallest absolute Gasteiger partial charge is 0.239 e. The van der Waals surface area contributed by atoms with Crippen LogP contribution in [-0.2, 0) is 35.1 Å². The quantitative estimate of drug-likeness (QED) is 0.0987. The summed E-state index contributed by atoms with van der Waals surface area (Å²) in [6, 6.07) is 10.5. The van der Waals surface area contributed by atoms with E-state index in [4.69, 9.17) is 9.47 Å². The molecule has 2 heterocycles. The third-order valence-corrected chi connectivity index (χ3v) is 9.47. The molecule has 53 heavy (non-hydrogen) atoms. The SMILES string of the molecule is CC.CCC.CCC(C)C(C(CC=O)OC)N(C)C(=O)CN[C-]=O.COC(C(C)C)C1CCCN1C.O=CN[C@@H](Cc1ccccc1)c1nccs1.[Fm]. The molecule has 0 spiro atoms. The normalized spacial score (nSPS) is 15.9. The van der Waals surface area contributed by atoms with Crippen molar-refractivity contribution in [3.8, 4) is 0 Å². The van der Waals surface area contributed by atoms with Crippen LogP contribution in [0.3, 0.4) is 0 Å². The average molecular weight is 1010 g/mol. The van der Waals surface area contributed by atoms with Gasteiger partial charge in [0, 0.05) is 45.3 Å². The van der Waals surface area contributed by atoms with E-state index in [1.54, 1.807) is 24.6 Å². The fraction of sp³-hybridized carbons (Fsp3) is 0.675. The molecule has 1 aromatic heterocycles. The number of methoxy groups -OCH3 is 2. The van der Waals surface area contributed by atoms with Crippen molar-refractivity contribution in [1.29, 1.82) is 0 Å². The predicted octanol–water partition coefficient (Wildman–Crippen LogP) is 6.49. The van der Waals surface area contributed by atoms with E-state index in [1.165, 1.54) is 49.8 Å². The zero-order valence-electron chi connectivity index (χ0n) is 34.4. The molecule has 5 unspecified atom stereocenters. The minimum Gasteiger partial charge on any atom is -0.522 e. The maximum absolute atomic E-state index is 11.9. The summed E-state index contributed by atoms with van der Waals surface area (Å²) in [4.78, 5) is 51.5. The van der Waals surface area contributed by atoms with Crippen molar-refractivity contribution in [2.45, 2.75) is 124 Å². The number of nitrogens with one attached hydrogen (secondary N) is 2. The van der Waals surface area contributed by atoms with Gasteiger partial charge in [0.1, 0.15) is 11.3 Å². The monoisotopic (exact) mass is 1010 g/mol. The summed E-state index contributed by atoms with van der Waals surface area (Å²) in [6.45, 7) is 17.9. The van der Waals surface area contributed by atoms with Gasteiger partial charge in [-0.1, -0.05) is 98.6 Å². The molecule has 0 saturated carbocycles. The summed E-state index contributed by atoms with van der Waals surface area (Å²) < 4.78 is 10.9. The van der Waals surface area contributed by atoms with Crippen molar-refractivity contribution in [2.75, 3.05) is 41.4 Å². The topological polar surface area (TPSA) is 130 Å². The number of rotatable bonds is 18. The van der Waals surface area contributed by atoms with Crippen LogP contribution in [0.5, 0.6) is 0 Å². The van der Waals surface area contributed by atoms with Crippen molar-refractivity contribution in [2.24, 2.45) is 11.8 Å². The molecular formula is C40H70FmN5O6S-. The fourth-order valence-electron chi connectivity index (χ4n) is 5.89. The first-order valence-corrected chi connectivity index (χ1v) is 19.6. The Morgan fingerprint density at radius 1 is 1.11 bits per heavy atom. The molecule has 1 aromatic carbocycles. The van der Waals surface area contributed by atoms with Crippen LogP contribution >= 0.6 is 11.3 Å². The molecular weight excluding hydrogens is 936 g/mol. The van der Waals surface area contributed by atoms with Crippen LogP contribution in [0.15, 0.2) is 41.9 Å². The Morgan fingerprint density at radius 2 is 1.74 bits per heavy atom. The second-order valence-electron chi connectivity index (χ2n) is 12.8. The first-order valence-electron chi connectivity index (χ1n) is 18.7. The van der Waals surface area contributed by atoms with Gasteiger partial charge in [0.05, 0.1) is 30.8 Å². The largest absolute Gasteiger partial charge is 0.522 e. The molecule has 3 amide bonds. The summed E-state index contributed by atoms with van der Waals surface area (Å²) in [7, 11) is 7.21. The Kier molecular flexibility index (Phi) is 33.7. The van der Waals surface area contributed by atoms with Gasteiger partial charge >= 0.3 is 0 Å². The number of benzene rings is 1. The van der Waals surface area contributed by atoms with Gasteiger partial charge in [-0.2, -0.15) is 6.41 Å². The molecule has 2 N–H and O–H groups in total. The maximum atomic E-state index is 11.9. The van der Waals surface area contributed by atoms with E-state index in [0.29, 0.717) is 18.1 Å². The summed E-state index contributed by atoms with van der Waals surface area (Å²) in [5.74, 6) is 0.571. The summed E-state index contributed by atoms with van der Waals surface area (Å²) in [5, 5.41) is 7.88. The van der Waals surface area contributed by atoms with E-state index in [2.05, 4.69) is 55.3 Å². The molecule has 6 atom stereocenters. The van der Waals surface area contributed by atoms with Crippen molar-refractivity contribution in [3.63, 3.8) is 0 Å². The molecule has 0 bridgehead atoms. The number of aldehydes is 1. The van der Waals surface area contributed by atoms with Gasteiger partial charge in [-0.3, -0.25) is 9.59 Å². The van der Waals surface area contributed by atoms with Crippen LogP contribution in [0.25, 0.3) is 0 Å². The molecule has 310 valence electrons. The molecule has 3 rings (SSSR count). The van der Waals surface area contributed by atoms with Crippen LogP contribution < -0.4 is 10.6 Å². The predicted molar refractivity (Wildman–Crippen MR) is 214 cm³/mol. The number of nitrogens with zero attached hydrogens (tertiary/aromatic N) is 3. The Balaban J connectivity index is -0.000000671. The number of amides is 3. The summed E-state index contributed by atoms with van der Waals surface area (Å²) in [5.41, 5.74) is 1.19. The van der Waals surface area contributed by atoms with E-state index in [1.807, 2.05) is 70.5 Å². The average Bonchev–Trinajstić information content (AvgIpc) is 3.85. The Morgan fingerprint density at radius 3 is 2.15 bits per heavy atom. The Hall–Kier alpha value is -4.19. The first kappa shape index (κ1) is 53.2. The van der Waals surface area contributed by atoms with Crippen LogP contribution in [0.4, 0.5) is 0 Å². The van der Waals surface area contributed by atoms with Crippen molar-refractivity contribution in [1.82, 2.24) is 25.4 Å². The maximum Gasteiger partial charge on any atom is 0.239 e. The molecule has 1 aliphatic heterocycles. The van der Waals surface area contributed by atoms with Gasteiger partial charge in [0.25, 0.3) is 0 Å². The molecule has 13 heteroatoms. The third-order valence-electron chi connectivity index (χ3n) is 8.58. The van der Waals surface area contributed by atoms with Gasteiger partial charge in [-0.05, 0) is 50.3 Å². The zero-order chi connectivity index (χ0) is 39.9. The molecule has 1 fully saturated rings. The van der Waals surface area contributed by atoms with Gasteiger partial charge in [0.15, 0.2) is 0 Å². The minimum atomic E-state index is -0.346. The number of thiazole rings is 1. The first-order chi connectivity index (χ1) is 25.0. The number of hydrogen-bond donors (Lipinski definition) is 2. The molecule has 2 aromatic rings. The zero-order valence-corrected chi connectivity index (χ0v) is 37.6. The van der Waals surface area contributed by atoms with Crippen LogP contribution in [-0.4, -0.2) is 105 Å². The standard InChI is InChI=1S/C13H23N2O4.C12H12N2OS.C10H21NO.C3H8.C2H6.Fm/c1-5-10(2)13(11(19-4)6-7-16)15(3)12(18)8-14-9-17;15-9-14-11(12-13-6-7-16-12)8-10-4-2-1-3-5-10;1-8(2)10(12-4)9-6-5-7-11(9)3;1-3-2;1-2;/h7,10-11,13H,5-6,8H2,1-4H3,(H,14,17);1-7,9,11H,8H2,(H,14,15);8-10H,5-7H2,1-4H3;3H2,1-2H3;1-2H3;/q-1;;;;;/t;11-;;;;/m.0..../s1. The Bertz CT molecular complexity index is 1150. The van der Waals surface area contributed by atoms with E-state index < -0.39 is 0 Å². The van der Waals surface area contributed by atoms with Crippen LogP contribution in [0.1, 0.15) is 104 Å². The van der Waals surface area contributed by atoms with Crippen molar-refractivity contribution in [3.05, 3.63) is 52.5 Å². The van der Waals surface area contributed by atoms with Gasteiger partial charge in [-0.25, -0.2) is 4.98 Å². The number of ether oxygens (including phenoxy) is 2. The summed E-state index contributed by atoms with van der Waals surface area (Å²) in [6.07, 6.45) is 10.5. The number of likely N-dealkylation sites (N-methyl/N-ethyl adjacent to an activating group) is 2. The molecule has 11 nitrogen and oxygen atoms in total. The van der Waals surface area contributed by atoms with E-state index in [9.17, 15) is 19.2 Å². The second-order valence-corrected chi connectivity index (χ2v) is 13.7. The van der Waals surface area contributed by atoms with E-state index in [-0.39, 0.29) is 43.0 Å². The van der Waals surface area contributed by atoms with Crippen LogP contribution in [0, 0.1) is 11.8 Å². The van der Waals surface area contributed by atoms with Gasteiger partial charge in [0.2, 0.25) is 12.3 Å². The Labute approximate surface area is 319 Å². The van der Waals surface area contributed by atoms with Gasteiger partial charge < -0.3 is 39.5 Å². The number of carbonyl (C=O) groups is 3. The van der Waals surface area contributed by atoms with Crippen molar-refractivity contribution < 1.29 is 28.7 Å². The van der Waals surface area contributed by atoms with Gasteiger partial charge in [-0.15, -0.1) is 11.3 Å². The number of carbonyl (C=O) groups excluding carboxylic acids is 4. The van der Waals surface area contributed by atoms with E-state index >= 15 is 0 Å². The molecule has 1 aliphatic rings. The van der Waals surface area contributed by atoms with Crippen molar-refractivity contribution >= 4 is 36.4 Å². The minimum absolute atomic E-state index is 0. The number of likely N-dealkylation sites (tertiary alicyclic amines) is 1.